The van der Waals surface area contributed by atoms with Crippen molar-refractivity contribution in [1.29, 1.82) is 0 Å². The summed E-state index contributed by atoms with van der Waals surface area (Å²) in [5.74, 6) is 0. The van der Waals surface area contributed by atoms with Gasteiger partial charge in [0.25, 0.3) is 0 Å². The average Bonchev–Trinajstić information content (AvgIpc) is 1.63. The van der Waals surface area contributed by atoms with Crippen LogP contribution in [0.15, 0.2) is 0 Å². The molecule has 0 spiro atoms. The van der Waals surface area contributed by atoms with Crippen LogP contribution in [-0.2, 0) is 4.74 Å². The number of ether oxygens (including phenoxy) is 1. The molecule has 0 radical (unpaired) electrons. The van der Waals surface area contributed by atoms with Crippen LogP contribution >= 0.6 is 33.2 Å². The maximum Gasteiger partial charge on any atom is 0.341 e. The molecule has 0 aliphatic carbocycles. The summed E-state index contributed by atoms with van der Waals surface area (Å²) in [7, 11) is 3.19. The van der Waals surface area contributed by atoms with Gasteiger partial charge in [-0.25, -0.2) is 7.11 Å². The molecule has 0 unspecified atom stereocenters. The second kappa shape index (κ2) is 5.80. The van der Waals surface area contributed by atoms with E-state index in [1.165, 1.54) is 0 Å². The first kappa shape index (κ1) is 12.7. The third kappa shape index (κ3) is 10.9. The Hall–Kier alpha value is 0.0469. The first-order valence-corrected chi connectivity index (χ1v) is 7.74. The van der Waals surface area contributed by atoms with Crippen molar-refractivity contribution in [3.05, 3.63) is 7.11 Å². The fourth-order valence-electron chi connectivity index (χ4n) is 0.375. The van der Waals surface area contributed by atoms with E-state index in [0.717, 1.165) is 6.42 Å². The molecule has 0 aliphatic heterocycles. The summed E-state index contributed by atoms with van der Waals surface area (Å²) in [5, 5.41) is 0. The molecule has 10 heavy (non-hydrogen) atoms. The maximum atomic E-state index is 5.56. The number of halogens is 3. The first-order chi connectivity index (χ1) is 4.06. The van der Waals surface area contributed by atoms with Crippen molar-refractivity contribution >= 4 is 39.2 Å². The molecule has 6 heteroatoms. The molecule has 0 rings (SSSR count). The Labute approximate surface area is 70.4 Å². The third-order valence-corrected chi connectivity index (χ3v) is 3.37. The molecule has 0 atom stereocenters. The Morgan fingerprint density at radius 2 is 1.80 bits per heavy atom. The van der Waals surface area contributed by atoms with E-state index in [1.54, 1.807) is 0 Å². The van der Waals surface area contributed by atoms with E-state index in [0.29, 0.717) is 12.7 Å². The van der Waals surface area contributed by atoms with E-state index in [4.69, 9.17) is 33.2 Å². The molecule has 1 nitrogen and oxygen atoms in total. The molecular formula is C4H8Cl3ORfSi-. The molecule has 0 aromatic heterocycles. The van der Waals surface area contributed by atoms with Gasteiger partial charge in [0.05, 0.1) is 0 Å². The van der Waals surface area contributed by atoms with E-state index >= 15 is 0 Å². The van der Waals surface area contributed by atoms with Crippen LogP contribution in [0.25, 0.3) is 0 Å². The van der Waals surface area contributed by atoms with Gasteiger partial charge in [0, 0.05) is 6.61 Å². The van der Waals surface area contributed by atoms with Gasteiger partial charge in [-0.1, -0.05) is 0 Å². The second-order valence-electron chi connectivity index (χ2n) is 1.63. The van der Waals surface area contributed by atoms with E-state index in [1.807, 2.05) is 0 Å². The van der Waals surface area contributed by atoms with Gasteiger partial charge in [0.1, 0.15) is 0 Å². The molecule has 0 saturated carbocycles. The molecule has 0 aromatic rings. The Kier molecular flexibility index (Phi) is 7.37. The minimum absolute atomic E-state index is 0. The Morgan fingerprint density at radius 3 is 2.10 bits per heavy atom. The van der Waals surface area contributed by atoms with Gasteiger partial charge >= 0.3 is 6.00 Å². The zero-order valence-corrected chi connectivity index (χ0v) is 15.2. The van der Waals surface area contributed by atoms with Gasteiger partial charge in [-0.05, 0) is 12.5 Å². The van der Waals surface area contributed by atoms with Crippen molar-refractivity contribution in [2.24, 2.45) is 0 Å². The van der Waals surface area contributed by atoms with Crippen molar-refractivity contribution < 1.29 is 4.74 Å². The zero-order valence-electron chi connectivity index (χ0n) is 5.58. The van der Waals surface area contributed by atoms with Crippen LogP contribution in [0, 0.1) is 7.11 Å². The number of hydrogen-bond donors (Lipinski definition) is 0. The van der Waals surface area contributed by atoms with E-state index in [2.05, 4.69) is 11.8 Å². The summed E-state index contributed by atoms with van der Waals surface area (Å²) >= 11 is 16.7. The summed E-state index contributed by atoms with van der Waals surface area (Å²) < 4.78 is 4.53. The zero-order chi connectivity index (χ0) is 7.33. The normalized spacial score (nSPS) is 10.8. The molecule has 58 valence electrons. The van der Waals surface area contributed by atoms with Crippen LogP contribution in [0.1, 0.15) is 6.42 Å². The molecule has 0 fully saturated rings. The topological polar surface area (TPSA) is 9.23 Å². The summed E-state index contributed by atoms with van der Waals surface area (Å²) in [4.78, 5) is 0. The predicted octanol–water partition coefficient (Wildman–Crippen LogP) is 2.84. The molecular weight excluding hydrogens is 465 g/mol. The first-order valence-electron chi connectivity index (χ1n) is 2.50. The summed E-state index contributed by atoms with van der Waals surface area (Å²) in [5.41, 5.74) is 0. The summed E-state index contributed by atoms with van der Waals surface area (Å²) in [6.45, 7) is 0.570. The van der Waals surface area contributed by atoms with Crippen LogP contribution in [0.2, 0.25) is 6.04 Å². The molecule has 0 bridgehead atoms. The monoisotopic (exact) mass is 472 g/mol. The molecule has 0 saturated heterocycles. The van der Waals surface area contributed by atoms with Crippen molar-refractivity contribution in [3.63, 3.8) is 0 Å². The Morgan fingerprint density at radius 1 is 1.30 bits per heavy atom. The molecule has 0 N–H and O–H groups in total. The van der Waals surface area contributed by atoms with Crippen LogP contribution in [0.3, 0.4) is 0 Å². The fourth-order valence-corrected chi connectivity index (χ4v) is 2.12. The minimum atomic E-state index is -2.39. The van der Waals surface area contributed by atoms with Crippen molar-refractivity contribution in [2.75, 3.05) is 6.61 Å². The van der Waals surface area contributed by atoms with E-state index in [9.17, 15) is 0 Å². The average molecular weight is 474 g/mol. The predicted molar refractivity (Wildman–Crippen MR) is 44.0 cm³/mol. The van der Waals surface area contributed by atoms with Gasteiger partial charge in [-0.2, -0.15) is 0 Å². The number of rotatable bonds is 4. The Bertz CT molecular complexity index is 77.4. The number of hydrogen-bond acceptors (Lipinski definition) is 1. The van der Waals surface area contributed by atoms with Gasteiger partial charge in [0.2, 0.25) is 0 Å². The maximum absolute atomic E-state index is 5.56. The quantitative estimate of drug-likeness (QED) is 0.264. The van der Waals surface area contributed by atoms with Gasteiger partial charge < -0.3 is 4.74 Å². The summed E-state index contributed by atoms with van der Waals surface area (Å²) in [6.07, 6.45) is 0.784. The van der Waals surface area contributed by atoms with Gasteiger partial charge in [-0.15, -0.1) is 33.2 Å². The van der Waals surface area contributed by atoms with Crippen LogP contribution in [0.5, 0.6) is 0 Å². The second-order valence-corrected chi connectivity index (χ2v) is 10.9. The smallest absolute Gasteiger partial charge is 0.341 e. The van der Waals surface area contributed by atoms with Crippen molar-refractivity contribution in [1.82, 2.24) is 0 Å². The largest absolute Gasteiger partial charge is 0.555 e. The van der Waals surface area contributed by atoms with E-state index in [-0.39, 0.29) is 0 Å². The Balaban J connectivity index is 0. The standard InChI is InChI=1S/C4H8Cl3OSi.Rf/c1-8-3-2-4-9(5,6)7;/h1-4H2;/q-1;. The van der Waals surface area contributed by atoms with Crippen LogP contribution in [0.4, 0.5) is 0 Å². The molecule has 0 aliphatic rings. The summed E-state index contributed by atoms with van der Waals surface area (Å²) in [6, 6.07) is -1.74. The molecule has 0 aromatic carbocycles. The van der Waals surface area contributed by atoms with Crippen molar-refractivity contribution in [2.45, 2.75) is 12.5 Å². The molecule has 0 amide bonds. The van der Waals surface area contributed by atoms with E-state index < -0.39 is 6.00 Å². The fraction of sp³-hybridized carbons (Fsp3) is 0.750. The van der Waals surface area contributed by atoms with Gasteiger partial charge in [0.15, 0.2) is 0 Å². The van der Waals surface area contributed by atoms with Gasteiger partial charge in [-0.3, -0.25) is 0 Å². The third-order valence-electron chi connectivity index (χ3n) is 0.749. The van der Waals surface area contributed by atoms with Crippen LogP contribution < -0.4 is 0 Å². The van der Waals surface area contributed by atoms with Crippen LogP contribution in [-0.4, -0.2) is 12.6 Å². The van der Waals surface area contributed by atoms with Crippen molar-refractivity contribution in [3.8, 4) is 0 Å². The minimum Gasteiger partial charge on any atom is -0.555 e. The SMILES string of the molecule is [CH2-]OCCC[Si](Cl)(Cl)Cl.[Rf]. The molecule has 0 heterocycles.